The lowest BCUT2D eigenvalue weighted by molar-refractivity contribution is 0.415. The number of hydrogen-bond acceptors (Lipinski definition) is 4. The second-order valence-corrected chi connectivity index (χ2v) is 12.3. The summed E-state index contributed by atoms with van der Waals surface area (Å²) in [6, 6.07) is 62.6. The van der Waals surface area contributed by atoms with Crippen LogP contribution in [0.4, 0.5) is 5.69 Å². The average molecular weight is 661 g/mol. The summed E-state index contributed by atoms with van der Waals surface area (Å²) < 4.78 is 12.1. The van der Waals surface area contributed by atoms with Gasteiger partial charge >= 0.3 is 0 Å². The maximum Gasteiger partial charge on any atom is 0.221 e. The van der Waals surface area contributed by atoms with E-state index in [0.717, 1.165) is 72.8 Å². The third-order valence-electron chi connectivity index (χ3n) is 9.22. The second kappa shape index (κ2) is 14.5. The van der Waals surface area contributed by atoms with E-state index in [-0.39, 0.29) is 0 Å². The molecule has 7 aromatic carbocycles. The Labute approximate surface area is 298 Å². The highest BCUT2D eigenvalue weighted by molar-refractivity contribution is 5.92. The molecule has 1 aromatic heterocycles. The van der Waals surface area contributed by atoms with Gasteiger partial charge in [-0.05, 0) is 51.1 Å². The molecule has 8 aromatic rings. The van der Waals surface area contributed by atoms with Crippen molar-refractivity contribution in [2.24, 2.45) is 0 Å². The molecule has 8 rings (SSSR count). The average Bonchev–Trinajstić information content (AvgIpc) is 3.71. The van der Waals surface area contributed by atoms with E-state index in [1.54, 1.807) is 13.4 Å². The molecule has 0 amide bonds. The highest BCUT2D eigenvalue weighted by Gasteiger charge is 2.29. The minimum absolute atomic E-state index is 0.497. The van der Waals surface area contributed by atoms with Crippen LogP contribution in [0.2, 0.25) is 0 Å². The van der Waals surface area contributed by atoms with Crippen LogP contribution in [-0.2, 0) is 0 Å². The number of rotatable bonds is 10. The number of nitrogens with one attached hydrogen (secondary N) is 1. The van der Waals surface area contributed by atoms with Crippen LogP contribution in [0.5, 0.6) is 5.75 Å². The third kappa shape index (κ3) is 6.55. The number of benzene rings is 7. The maximum atomic E-state index is 6.54. The molecular weight excluding hydrogens is 625 g/mol. The van der Waals surface area contributed by atoms with E-state index >= 15 is 0 Å². The van der Waals surface area contributed by atoms with Gasteiger partial charge in [0.25, 0.3) is 0 Å². The molecule has 0 bridgehead atoms. The Morgan fingerprint density at radius 2 is 0.922 bits per heavy atom. The van der Waals surface area contributed by atoms with Crippen molar-refractivity contribution in [3.8, 4) is 61.5 Å². The molecule has 0 spiro atoms. The summed E-state index contributed by atoms with van der Waals surface area (Å²) in [6.45, 7) is 0. The van der Waals surface area contributed by atoms with Crippen LogP contribution < -0.4 is 10.1 Å². The minimum Gasteiger partial charge on any atom is -0.497 e. The normalized spacial score (nSPS) is 11.5. The summed E-state index contributed by atoms with van der Waals surface area (Å²) in [5, 5.41) is 4.07. The molecule has 1 atom stereocenters. The fourth-order valence-corrected chi connectivity index (χ4v) is 6.78. The molecule has 246 valence electrons. The molecule has 1 N–H and O–H groups in total. The Balaban J connectivity index is 1.40. The molecule has 51 heavy (non-hydrogen) atoms. The summed E-state index contributed by atoms with van der Waals surface area (Å²) in [4.78, 5) is 5.22. The van der Waals surface area contributed by atoms with Gasteiger partial charge in [-0.3, -0.25) is 0 Å². The SMILES string of the molecule is COc1cccc(-c2coc(C(Nc3c(-c4ccccc4)cccc3-c3ccccc3)c3c(-c4ccccc4)cccc3-c3ccccc3)n2)c1. The van der Waals surface area contributed by atoms with Crippen molar-refractivity contribution in [1.29, 1.82) is 0 Å². The highest BCUT2D eigenvalue weighted by Crippen LogP contribution is 2.45. The van der Waals surface area contributed by atoms with Crippen LogP contribution in [0.1, 0.15) is 17.5 Å². The largest absolute Gasteiger partial charge is 0.497 e. The molecule has 0 aliphatic carbocycles. The second-order valence-electron chi connectivity index (χ2n) is 12.3. The van der Waals surface area contributed by atoms with Crippen molar-refractivity contribution in [3.05, 3.63) is 200 Å². The topological polar surface area (TPSA) is 47.3 Å². The first-order chi connectivity index (χ1) is 25.3. The quantitative estimate of drug-likeness (QED) is 0.159. The molecule has 0 radical (unpaired) electrons. The molecule has 1 unspecified atom stereocenters. The van der Waals surface area contributed by atoms with Crippen molar-refractivity contribution in [1.82, 2.24) is 4.98 Å². The van der Waals surface area contributed by atoms with Gasteiger partial charge in [0.05, 0.1) is 12.8 Å². The van der Waals surface area contributed by atoms with Gasteiger partial charge in [0.15, 0.2) is 0 Å². The fraction of sp³-hybridized carbons (Fsp3) is 0.0426. The smallest absolute Gasteiger partial charge is 0.221 e. The molecule has 4 heteroatoms. The van der Waals surface area contributed by atoms with Crippen molar-refractivity contribution < 1.29 is 9.15 Å². The van der Waals surface area contributed by atoms with Crippen molar-refractivity contribution in [2.45, 2.75) is 6.04 Å². The van der Waals surface area contributed by atoms with Gasteiger partial charge in [-0.15, -0.1) is 0 Å². The van der Waals surface area contributed by atoms with E-state index in [0.29, 0.717) is 5.89 Å². The van der Waals surface area contributed by atoms with E-state index in [1.807, 2.05) is 24.3 Å². The van der Waals surface area contributed by atoms with Gasteiger partial charge in [0, 0.05) is 16.7 Å². The van der Waals surface area contributed by atoms with E-state index in [4.69, 9.17) is 14.1 Å². The first-order valence-corrected chi connectivity index (χ1v) is 17.1. The molecule has 0 fully saturated rings. The molecule has 1 heterocycles. The van der Waals surface area contributed by atoms with Crippen LogP contribution >= 0.6 is 0 Å². The first-order valence-electron chi connectivity index (χ1n) is 17.1. The maximum absolute atomic E-state index is 6.54. The van der Waals surface area contributed by atoms with Crippen LogP contribution in [-0.4, -0.2) is 12.1 Å². The van der Waals surface area contributed by atoms with Crippen molar-refractivity contribution in [2.75, 3.05) is 12.4 Å². The minimum atomic E-state index is -0.497. The Bertz CT molecular complexity index is 2250. The number of para-hydroxylation sites is 1. The van der Waals surface area contributed by atoms with E-state index < -0.39 is 6.04 Å². The third-order valence-corrected chi connectivity index (χ3v) is 9.22. The highest BCUT2D eigenvalue weighted by atomic mass is 16.5. The summed E-state index contributed by atoms with van der Waals surface area (Å²) in [6.07, 6.45) is 1.74. The van der Waals surface area contributed by atoms with Gasteiger partial charge in [-0.25, -0.2) is 4.98 Å². The number of anilines is 1. The van der Waals surface area contributed by atoms with E-state index in [1.165, 1.54) is 0 Å². The predicted molar refractivity (Wildman–Crippen MR) is 209 cm³/mol. The molecule has 4 nitrogen and oxygen atoms in total. The van der Waals surface area contributed by atoms with E-state index in [9.17, 15) is 0 Å². The first kappa shape index (κ1) is 31.6. The van der Waals surface area contributed by atoms with Crippen LogP contribution in [0.3, 0.4) is 0 Å². The number of ether oxygens (including phenoxy) is 1. The number of aromatic nitrogens is 1. The number of methoxy groups -OCH3 is 1. The Kier molecular flexibility index (Phi) is 8.96. The Morgan fingerprint density at radius 3 is 1.41 bits per heavy atom. The lowest BCUT2D eigenvalue weighted by atomic mass is 9.86. The molecule has 0 saturated heterocycles. The molecule has 0 aliphatic heterocycles. The van der Waals surface area contributed by atoms with Gasteiger partial charge in [-0.2, -0.15) is 0 Å². The lowest BCUT2D eigenvalue weighted by Gasteiger charge is -2.27. The number of hydrogen-bond donors (Lipinski definition) is 1. The van der Waals surface area contributed by atoms with Gasteiger partial charge in [0.1, 0.15) is 23.7 Å². The van der Waals surface area contributed by atoms with Gasteiger partial charge in [-0.1, -0.05) is 170 Å². The summed E-state index contributed by atoms with van der Waals surface area (Å²) in [7, 11) is 1.67. The zero-order valence-electron chi connectivity index (χ0n) is 28.2. The van der Waals surface area contributed by atoms with Crippen molar-refractivity contribution in [3.63, 3.8) is 0 Å². The Morgan fingerprint density at radius 1 is 0.490 bits per heavy atom. The zero-order chi connectivity index (χ0) is 34.4. The van der Waals surface area contributed by atoms with Gasteiger partial charge in [0.2, 0.25) is 5.89 Å². The summed E-state index contributed by atoms with van der Waals surface area (Å²) in [5.41, 5.74) is 12.5. The number of nitrogens with zero attached hydrogens (tertiary/aromatic N) is 1. The monoisotopic (exact) mass is 660 g/mol. The molecule has 0 saturated carbocycles. The Hall–Kier alpha value is -6.65. The zero-order valence-corrected chi connectivity index (χ0v) is 28.2. The molecular formula is C47H36N2O2. The molecule has 0 aliphatic rings. The number of oxazole rings is 1. The van der Waals surface area contributed by atoms with Crippen LogP contribution in [0.25, 0.3) is 55.8 Å². The van der Waals surface area contributed by atoms with Crippen LogP contribution in [0, 0.1) is 0 Å². The fourth-order valence-electron chi connectivity index (χ4n) is 6.78. The standard InChI is InChI=1S/C47H36N2O2/c1-50-38-26-14-25-37(31-38)43-32-51-47(48-43)46(44-39(33-17-6-2-7-18-33)27-15-28-40(44)34-19-8-3-9-20-34)49-45-41(35-21-10-4-11-22-35)29-16-30-42(45)36-23-12-5-13-24-36/h2-32,46,49H,1H3. The lowest BCUT2D eigenvalue weighted by Crippen LogP contribution is -2.17. The van der Waals surface area contributed by atoms with E-state index in [2.05, 4.69) is 163 Å². The summed E-state index contributed by atoms with van der Waals surface area (Å²) in [5.74, 6) is 1.31. The van der Waals surface area contributed by atoms with Gasteiger partial charge < -0.3 is 14.5 Å². The van der Waals surface area contributed by atoms with Crippen molar-refractivity contribution >= 4 is 5.69 Å². The summed E-state index contributed by atoms with van der Waals surface area (Å²) >= 11 is 0. The van der Waals surface area contributed by atoms with Crippen LogP contribution in [0.15, 0.2) is 193 Å². The predicted octanol–water partition coefficient (Wildman–Crippen LogP) is 12.2.